The lowest BCUT2D eigenvalue weighted by Crippen LogP contribution is -2.35. The predicted octanol–water partition coefficient (Wildman–Crippen LogP) is 4.26. The zero-order valence-corrected chi connectivity index (χ0v) is 17.1. The van der Waals surface area contributed by atoms with Crippen molar-refractivity contribution in [2.24, 2.45) is 0 Å². The monoisotopic (exact) mass is 411 g/mol. The maximum Gasteiger partial charge on any atom is 0.213 e. The molecule has 0 spiro atoms. The summed E-state index contributed by atoms with van der Waals surface area (Å²) in [4.78, 5) is 4.00. The lowest BCUT2D eigenvalue weighted by Gasteiger charge is -2.28. The second-order valence-electron chi connectivity index (χ2n) is 7.29. The van der Waals surface area contributed by atoms with E-state index < -0.39 is 16.0 Å². The van der Waals surface area contributed by atoms with Crippen molar-refractivity contribution in [3.05, 3.63) is 77.2 Å². The van der Waals surface area contributed by atoms with Gasteiger partial charge in [-0.3, -0.25) is 0 Å². The average Bonchev–Trinajstić information content (AvgIpc) is 2.68. The maximum atomic E-state index is 13.6. The van der Waals surface area contributed by atoms with Gasteiger partial charge in [0.2, 0.25) is 16.0 Å². The Morgan fingerprint density at radius 1 is 1.10 bits per heavy atom. The molecule has 7 heteroatoms. The van der Waals surface area contributed by atoms with Gasteiger partial charge >= 0.3 is 0 Å². The number of halogens is 1. The van der Waals surface area contributed by atoms with Crippen LogP contribution in [0.2, 0.25) is 0 Å². The number of nitrogens with one attached hydrogen (secondary N) is 1. The molecule has 0 unspecified atom stereocenters. The molecule has 1 aliphatic heterocycles. The van der Waals surface area contributed by atoms with Gasteiger partial charge in [-0.15, -0.1) is 0 Å². The molecule has 150 valence electrons. The van der Waals surface area contributed by atoms with Crippen LogP contribution in [0.3, 0.4) is 0 Å². The van der Waals surface area contributed by atoms with E-state index in [0.29, 0.717) is 25.2 Å². The van der Waals surface area contributed by atoms with Gasteiger partial charge in [-0.2, -0.15) is 8.70 Å². The van der Waals surface area contributed by atoms with Gasteiger partial charge in [0.05, 0.1) is 11.9 Å². The molecule has 0 bridgehead atoms. The highest BCUT2D eigenvalue weighted by Crippen LogP contribution is 2.31. The SMILES string of the molecule is Cc1ccc(Nc2cccc3c2CCN(S(C)(=O)=O)C3)cc1-c1cccc(F)n1. The summed E-state index contributed by atoms with van der Waals surface area (Å²) in [6, 6.07) is 16.6. The van der Waals surface area contributed by atoms with E-state index in [-0.39, 0.29) is 0 Å². The van der Waals surface area contributed by atoms with Gasteiger partial charge in [0, 0.05) is 30.0 Å². The normalized spacial score (nSPS) is 14.4. The number of hydrogen-bond acceptors (Lipinski definition) is 4. The summed E-state index contributed by atoms with van der Waals surface area (Å²) in [5.74, 6) is -0.507. The topological polar surface area (TPSA) is 62.3 Å². The van der Waals surface area contributed by atoms with E-state index in [9.17, 15) is 12.8 Å². The molecule has 1 aliphatic rings. The molecule has 4 rings (SSSR count). The van der Waals surface area contributed by atoms with Gasteiger partial charge in [-0.1, -0.05) is 24.3 Å². The number of aryl methyl sites for hydroxylation is 1. The fourth-order valence-corrected chi connectivity index (χ4v) is 4.47. The summed E-state index contributed by atoms with van der Waals surface area (Å²) < 4.78 is 38.8. The zero-order chi connectivity index (χ0) is 20.6. The van der Waals surface area contributed by atoms with Gasteiger partial charge in [-0.25, -0.2) is 13.4 Å². The molecule has 2 heterocycles. The minimum atomic E-state index is -3.21. The van der Waals surface area contributed by atoms with Crippen LogP contribution < -0.4 is 5.32 Å². The summed E-state index contributed by atoms with van der Waals surface area (Å²) in [6.07, 6.45) is 1.89. The Morgan fingerprint density at radius 2 is 1.90 bits per heavy atom. The largest absolute Gasteiger partial charge is 0.355 e. The average molecular weight is 412 g/mol. The summed E-state index contributed by atoms with van der Waals surface area (Å²) in [6.45, 7) is 2.82. The number of pyridine rings is 1. The number of fused-ring (bicyclic) bond motifs is 1. The number of hydrogen-bond donors (Lipinski definition) is 1. The first kappa shape index (κ1) is 19.5. The van der Waals surface area contributed by atoms with Crippen LogP contribution in [-0.2, 0) is 23.0 Å². The van der Waals surface area contributed by atoms with Gasteiger partial charge in [0.25, 0.3) is 0 Å². The molecule has 1 N–H and O–H groups in total. The highest BCUT2D eigenvalue weighted by molar-refractivity contribution is 7.88. The Balaban J connectivity index is 1.65. The summed E-state index contributed by atoms with van der Waals surface area (Å²) in [5.41, 5.74) is 6.41. The van der Waals surface area contributed by atoms with Crippen molar-refractivity contribution in [2.75, 3.05) is 18.1 Å². The third-order valence-electron chi connectivity index (χ3n) is 5.21. The third-order valence-corrected chi connectivity index (χ3v) is 6.46. The Bertz CT molecular complexity index is 1180. The highest BCUT2D eigenvalue weighted by Gasteiger charge is 2.24. The molecule has 0 saturated heterocycles. The Labute approximate surface area is 170 Å². The summed E-state index contributed by atoms with van der Waals surface area (Å²) >= 11 is 0. The maximum absolute atomic E-state index is 13.6. The standard InChI is InChI=1S/C22H22FN3O2S/c1-15-9-10-17(13-19(15)21-7-4-8-22(23)25-21)24-20-6-3-5-16-14-26(29(2,27)28)12-11-18(16)20/h3-10,13,24H,11-12,14H2,1-2H3. The number of rotatable bonds is 4. The van der Waals surface area contributed by atoms with E-state index in [0.717, 1.165) is 33.6 Å². The van der Waals surface area contributed by atoms with Crippen LogP contribution in [-0.4, -0.2) is 30.5 Å². The molecule has 0 atom stereocenters. The molecule has 1 aromatic heterocycles. The number of benzene rings is 2. The second-order valence-corrected chi connectivity index (χ2v) is 9.27. The van der Waals surface area contributed by atoms with Gasteiger partial charge in [0.15, 0.2) is 0 Å². The molecule has 3 aromatic rings. The number of anilines is 2. The first-order valence-electron chi connectivity index (χ1n) is 9.38. The van der Waals surface area contributed by atoms with Crippen molar-refractivity contribution in [3.8, 4) is 11.3 Å². The molecule has 0 radical (unpaired) electrons. The van der Waals surface area contributed by atoms with Crippen molar-refractivity contribution in [1.82, 2.24) is 9.29 Å². The number of aromatic nitrogens is 1. The quantitative estimate of drug-likeness (QED) is 0.652. The first-order valence-corrected chi connectivity index (χ1v) is 11.2. The lowest BCUT2D eigenvalue weighted by molar-refractivity contribution is 0.395. The van der Waals surface area contributed by atoms with E-state index >= 15 is 0 Å². The lowest BCUT2D eigenvalue weighted by atomic mass is 9.98. The van der Waals surface area contributed by atoms with E-state index in [1.807, 2.05) is 43.3 Å². The first-order chi connectivity index (χ1) is 13.8. The van der Waals surface area contributed by atoms with Crippen LogP contribution in [0.1, 0.15) is 16.7 Å². The molecule has 0 amide bonds. The van der Waals surface area contributed by atoms with Crippen LogP contribution >= 0.6 is 0 Å². The molecular weight excluding hydrogens is 389 g/mol. The van der Waals surface area contributed by atoms with Crippen LogP contribution in [0.5, 0.6) is 0 Å². The van der Waals surface area contributed by atoms with Crippen LogP contribution in [0.25, 0.3) is 11.3 Å². The van der Waals surface area contributed by atoms with Crippen LogP contribution in [0.15, 0.2) is 54.6 Å². The van der Waals surface area contributed by atoms with Crippen molar-refractivity contribution >= 4 is 21.4 Å². The van der Waals surface area contributed by atoms with E-state index in [2.05, 4.69) is 10.3 Å². The number of sulfonamides is 1. The number of nitrogens with zero attached hydrogens (tertiary/aromatic N) is 2. The van der Waals surface area contributed by atoms with Crippen molar-refractivity contribution in [1.29, 1.82) is 0 Å². The molecule has 2 aromatic carbocycles. The van der Waals surface area contributed by atoms with Crippen LogP contribution in [0.4, 0.5) is 15.8 Å². The fraction of sp³-hybridized carbons (Fsp3) is 0.227. The van der Waals surface area contributed by atoms with E-state index in [4.69, 9.17) is 0 Å². The van der Waals surface area contributed by atoms with Crippen LogP contribution in [0, 0.1) is 12.9 Å². The molecule has 0 fully saturated rings. The highest BCUT2D eigenvalue weighted by atomic mass is 32.2. The fourth-order valence-electron chi connectivity index (χ4n) is 3.67. The van der Waals surface area contributed by atoms with Crippen molar-refractivity contribution in [2.45, 2.75) is 19.9 Å². The second kappa shape index (κ2) is 7.57. The molecule has 0 saturated carbocycles. The third kappa shape index (κ3) is 4.16. The van der Waals surface area contributed by atoms with Gasteiger partial charge < -0.3 is 5.32 Å². The Kier molecular flexibility index (Phi) is 5.10. The Morgan fingerprint density at radius 3 is 2.66 bits per heavy atom. The van der Waals surface area contributed by atoms with Gasteiger partial charge in [-0.05, 0) is 60.4 Å². The zero-order valence-electron chi connectivity index (χ0n) is 16.3. The minimum absolute atomic E-state index is 0.385. The molecule has 5 nitrogen and oxygen atoms in total. The van der Waals surface area contributed by atoms with E-state index in [1.54, 1.807) is 12.1 Å². The summed E-state index contributed by atoms with van der Waals surface area (Å²) in [7, 11) is -3.21. The van der Waals surface area contributed by atoms with E-state index in [1.165, 1.54) is 16.6 Å². The van der Waals surface area contributed by atoms with Crippen molar-refractivity contribution < 1.29 is 12.8 Å². The summed E-state index contributed by atoms with van der Waals surface area (Å²) in [5, 5.41) is 3.45. The minimum Gasteiger partial charge on any atom is -0.355 e. The Hall–Kier alpha value is -2.77. The van der Waals surface area contributed by atoms with Crippen molar-refractivity contribution in [3.63, 3.8) is 0 Å². The van der Waals surface area contributed by atoms with Gasteiger partial charge in [0.1, 0.15) is 0 Å². The smallest absolute Gasteiger partial charge is 0.213 e. The molecule has 29 heavy (non-hydrogen) atoms. The molecule has 0 aliphatic carbocycles. The predicted molar refractivity (Wildman–Crippen MR) is 113 cm³/mol. The molecular formula is C22H22FN3O2S.